The van der Waals surface area contributed by atoms with Crippen molar-refractivity contribution in [2.45, 2.75) is 0 Å². The van der Waals surface area contributed by atoms with E-state index in [2.05, 4.69) is 5.32 Å². The highest BCUT2D eigenvalue weighted by atomic mass is 35.5. The first kappa shape index (κ1) is 18.5. The minimum absolute atomic E-state index is 0.0574. The van der Waals surface area contributed by atoms with Crippen molar-refractivity contribution >= 4 is 40.0 Å². The van der Waals surface area contributed by atoms with Gasteiger partial charge in [-0.1, -0.05) is 60.1 Å². The minimum atomic E-state index is -0.500. The van der Waals surface area contributed by atoms with E-state index in [4.69, 9.17) is 16.0 Å². The molecule has 4 aromatic rings. The van der Waals surface area contributed by atoms with Gasteiger partial charge >= 0.3 is 0 Å². The van der Waals surface area contributed by atoms with Gasteiger partial charge in [-0.25, -0.2) is 0 Å². The van der Waals surface area contributed by atoms with Crippen LogP contribution >= 0.6 is 11.6 Å². The molecule has 0 aliphatic rings. The summed E-state index contributed by atoms with van der Waals surface area (Å²) in [6, 6.07) is 26.0. The van der Waals surface area contributed by atoms with Gasteiger partial charge in [0.1, 0.15) is 23.2 Å². The van der Waals surface area contributed by atoms with Crippen LogP contribution in [0.25, 0.3) is 28.2 Å². The zero-order chi connectivity index (χ0) is 20.2. The van der Waals surface area contributed by atoms with Gasteiger partial charge in [0.2, 0.25) is 0 Å². The summed E-state index contributed by atoms with van der Waals surface area (Å²) in [7, 11) is 0. The van der Waals surface area contributed by atoms with Crippen LogP contribution < -0.4 is 5.32 Å². The van der Waals surface area contributed by atoms with Crippen LogP contribution in [0, 0.1) is 11.3 Å². The molecule has 0 unspecified atom stereocenters. The van der Waals surface area contributed by atoms with E-state index in [9.17, 15) is 10.1 Å². The molecule has 0 aliphatic carbocycles. The third-order valence-corrected chi connectivity index (χ3v) is 4.79. The van der Waals surface area contributed by atoms with Crippen LogP contribution in [0.4, 0.5) is 5.69 Å². The van der Waals surface area contributed by atoms with Crippen LogP contribution in [0.15, 0.2) is 88.9 Å². The SMILES string of the molecule is N#C/C(=C\c1ccc(-c2ccccc2Cl)o1)C(=O)Nc1cccc2ccccc12. The van der Waals surface area contributed by atoms with E-state index in [1.807, 2.05) is 60.7 Å². The fourth-order valence-electron chi connectivity index (χ4n) is 3.05. The lowest BCUT2D eigenvalue weighted by molar-refractivity contribution is -0.112. The van der Waals surface area contributed by atoms with Crippen molar-refractivity contribution in [2.75, 3.05) is 5.32 Å². The number of hydrogen-bond donors (Lipinski definition) is 1. The zero-order valence-corrected chi connectivity index (χ0v) is 16.0. The second-order valence-electron chi connectivity index (χ2n) is 6.33. The van der Waals surface area contributed by atoms with Gasteiger partial charge < -0.3 is 9.73 Å². The molecule has 4 rings (SSSR count). The van der Waals surface area contributed by atoms with Crippen LogP contribution in [0.5, 0.6) is 0 Å². The number of benzene rings is 3. The first-order valence-electron chi connectivity index (χ1n) is 8.91. The number of carbonyl (C=O) groups is 1. The van der Waals surface area contributed by atoms with Crippen LogP contribution in [-0.4, -0.2) is 5.91 Å². The maximum Gasteiger partial charge on any atom is 0.266 e. The van der Waals surface area contributed by atoms with Gasteiger partial charge in [0.25, 0.3) is 5.91 Å². The van der Waals surface area contributed by atoms with E-state index < -0.39 is 5.91 Å². The molecule has 140 valence electrons. The highest BCUT2D eigenvalue weighted by Crippen LogP contribution is 2.30. The van der Waals surface area contributed by atoms with Crippen molar-refractivity contribution in [3.8, 4) is 17.4 Å². The van der Waals surface area contributed by atoms with Crippen molar-refractivity contribution in [1.82, 2.24) is 0 Å². The Kier molecular flexibility index (Phi) is 5.15. The van der Waals surface area contributed by atoms with E-state index in [1.165, 1.54) is 6.08 Å². The van der Waals surface area contributed by atoms with Crippen molar-refractivity contribution in [2.24, 2.45) is 0 Å². The van der Waals surface area contributed by atoms with Crippen molar-refractivity contribution in [3.05, 3.63) is 95.2 Å². The third kappa shape index (κ3) is 3.91. The van der Waals surface area contributed by atoms with Crippen LogP contribution in [0.2, 0.25) is 5.02 Å². The molecule has 29 heavy (non-hydrogen) atoms. The number of nitrogens with one attached hydrogen (secondary N) is 1. The average molecular weight is 399 g/mol. The minimum Gasteiger partial charge on any atom is -0.457 e. The second kappa shape index (κ2) is 8.05. The molecule has 1 N–H and O–H groups in total. The number of carbonyl (C=O) groups excluding carboxylic acids is 1. The molecule has 1 aromatic heterocycles. The number of amides is 1. The highest BCUT2D eigenvalue weighted by Gasteiger charge is 2.13. The van der Waals surface area contributed by atoms with E-state index in [1.54, 1.807) is 24.3 Å². The summed E-state index contributed by atoms with van der Waals surface area (Å²) >= 11 is 6.20. The molecule has 3 aromatic carbocycles. The number of furan rings is 1. The molecule has 1 amide bonds. The lowest BCUT2D eigenvalue weighted by Gasteiger charge is -2.08. The average Bonchev–Trinajstić information content (AvgIpc) is 3.21. The Hall–Kier alpha value is -3.81. The van der Waals surface area contributed by atoms with Crippen molar-refractivity contribution in [1.29, 1.82) is 5.26 Å². The summed E-state index contributed by atoms with van der Waals surface area (Å²) in [5, 5.41) is 14.8. The summed E-state index contributed by atoms with van der Waals surface area (Å²) in [6.45, 7) is 0. The van der Waals surface area contributed by atoms with Crippen molar-refractivity contribution < 1.29 is 9.21 Å². The standard InChI is InChI=1S/C24H15ClN2O2/c25-21-10-4-3-9-20(21)23-13-12-18(29-23)14-17(15-26)24(28)27-22-11-5-7-16-6-1-2-8-19(16)22/h1-14H,(H,27,28)/b17-14+. The second-order valence-corrected chi connectivity index (χ2v) is 6.74. The lowest BCUT2D eigenvalue weighted by Crippen LogP contribution is -2.13. The molecule has 0 fully saturated rings. The molecule has 0 aliphatic heterocycles. The lowest BCUT2D eigenvalue weighted by atomic mass is 10.1. The molecule has 0 saturated carbocycles. The van der Waals surface area contributed by atoms with Gasteiger partial charge in [-0.3, -0.25) is 4.79 Å². The molecular formula is C24H15ClN2O2. The number of halogens is 1. The largest absolute Gasteiger partial charge is 0.457 e. The topological polar surface area (TPSA) is 66.0 Å². The Morgan fingerprint density at radius 1 is 0.966 bits per heavy atom. The maximum absolute atomic E-state index is 12.7. The maximum atomic E-state index is 12.7. The molecule has 0 bridgehead atoms. The Labute approximate surface area is 172 Å². The summed E-state index contributed by atoms with van der Waals surface area (Å²) in [5.74, 6) is 0.456. The quantitative estimate of drug-likeness (QED) is 0.324. The predicted octanol–water partition coefficient (Wildman–Crippen LogP) is 6.30. The number of rotatable bonds is 4. The predicted molar refractivity (Wildman–Crippen MR) is 115 cm³/mol. The number of anilines is 1. The molecular weight excluding hydrogens is 384 g/mol. The molecule has 4 nitrogen and oxygen atoms in total. The van der Waals surface area contributed by atoms with E-state index >= 15 is 0 Å². The Morgan fingerprint density at radius 2 is 1.72 bits per heavy atom. The summed E-state index contributed by atoms with van der Waals surface area (Å²) in [5.41, 5.74) is 1.33. The molecule has 0 saturated heterocycles. The fraction of sp³-hybridized carbons (Fsp3) is 0. The fourth-order valence-corrected chi connectivity index (χ4v) is 3.28. The van der Waals surface area contributed by atoms with Gasteiger partial charge in [0.05, 0.1) is 5.02 Å². The number of hydrogen-bond acceptors (Lipinski definition) is 3. The number of nitrogens with zero attached hydrogens (tertiary/aromatic N) is 1. The van der Waals surface area contributed by atoms with E-state index in [0.717, 1.165) is 16.3 Å². The normalized spacial score (nSPS) is 11.2. The Bertz CT molecular complexity index is 1280. The van der Waals surface area contributed by atoms with Gasteiger partial charge in [-0.05, 0) is 35.7 Å². The van der Waals surface area contributed by atoms with Gasteiger partial charge in [-0.15, -0.1) is 0 Å². The molecule has 0 atom stereocenters. The zero-order valence-electron chi connectivity index (χ0n) is 15.2. The summed E-state index contributed by atoms with van der Waals surface area (Å²) in [6.07, 6.45) is 1.42. The van der Waals surface area contributed by atoms with Gasteiger partial charge in [-0.2, -0.15) is 5.26 Å². The van der Waals surface area contributed by atoms with Crippen LogP contribution in [0.1, 0.15) is 5.76 Å². The Morgan fingerprint density at radius 3 is 2.55 bits per heavy atom. The number of fused-ring (bicyclic) bond motifs is 1. The monoisotopic (exact) mass is 398 g/mol. The first-order valence-corrected chi connectivity index (χ1v) is 9.29. The molecule has 1 heterocycles. The number of nitriles is 1. The molecule has 5 heteroatoms. The summed E-state index contributed by atoms with van der Waals surface area (Å²) in [4.78, 5) is 12.7. The molecule has 0 radical (unpaired) electrons. The van der Waals surface area contributed by atoms with Crippen LogP contribution in [0.3, 0.4) is 0 Å². The van der Waals surface area contributed by atoms with E-state index in [0.29, 0.717) is 22.2 Å². The smallest absolute Gasteiger partial charge is 0.266 e. The van der Waals surface area contributed by atoms with Gasteiger partial charge in [0, 0.05) is 22.7 Å². The summed E-state index contributed by atoms with van der Waals surface area (Å²) < 4.78 is 5.76. The first-order chi connectivity index (χ1) is 14.2. The van der Waals surface area contributed by atoms with Crippen LogP contribution in [-0.2, 0) is 4.79 Å². The highest BCUT2D eigenvalue weighted by molar-refractivity contribution is 6.33. The van der Waals surface area contributed by atoms with Gasteiger partial charge in [0.15, 0.2) is 0 Å². The third-order valence-electron chi connectivity index (χ3n) is 4.46. The molecule has 0 spiro atoms. The van der Waals surface area contributed by atoms with Crippen molar-refractivity contribution in [3.63, 3.8) is 0 Å². The van der Waals surface area contributed by atoms with E-state index in [-0.39, 0.29) is 5.57 Å². The Balaban J connectivity index is 1.60.